The number of nitrogens with one attached hydrogen (secondary N) is 1. The molecular formula is C15H23N3O5. The molecule has 5 N–H and O–H groups in total. The van der Waals surface area contributed by atoms with Gasteiger partial charge < -0.3 is 26.0 Å². The summed E-state index contributed by atoms with van der Waals surface area (Å²) in [6, 6.07) is 4.40. The van der Waals surface area contributed by atoms with Gasteiger partial charge in [0.25, 0.3) is 5.91 Å². The molecule has 0 saturated carbocycles. The molecule has 0 aliphatic carbocycles. The summed E-state index contributed by atoms with van der Waals surface area (Å²) in [5, 5.41) is 22.5. The molecule has 2 amide bonds. The van der Waals surface area contributed by atoms with Gasteiger partial charge in [-0.05, 0) is 39.3 Å². The number of nitrogens with two attached hydrogens (primary N) is 1. The van der Waals surface area contributed by atoms with E-state index in [2.05, 4.69) is 10.3 Å². The van der Waals surface area contributed by atoms with Gasteiger partial charge in [-0.2, -0.15) is 0 Å². The highest BCUT2D eigenvalue weighted by atomic mass is 16.6. The Morgan fingerprint density at radius 2 is 2.00 bits per heavy atom. The fourth-order valence-corrected chi connectivity index (χ4v) is 1.74. The standard InChI is InChI=1S/C15H23N3O5/c1-15(2,3)23-14(22)17-8-7-11(19)12(20)9-5-4-6-10(18-9)13(16)21/h4-6,11-12,19-20H,7-8H2,1-3H3,(H2,16,21)(H,17,22). The quantitative estimate of drug-likeness (QED) is 0.601. The maximum Gasteiger partial charge on any atom is 0.407 e. The lowest BCUT2D eigenvalue weighted by atomic mass is 10.1. The highest BCUT2D eigenvalue weighted by molar-refractivity contribution is 5.90. The third-order valence-electron chi connectivity index (χ3n) is 2.80. The number of hydrogen-bond acceptors (Lipinski definition) is 6. The van der Waals surface area contributed by atoms with Crippen LogP contribution in [0.4, 0.5) is 4.79 Å². The van der Waals surface area contributed by atoms with Crippen LogP contribution in [0.2, 0.25) is 0 Å². The van der Waals surface area contributed by atoms with E-state index in [0.29, 0.717) is 0 Å². The Kier molecular flexibility index (Phi) is 6.47. The number of carbonyl (C=O) groups excluding carboxylic acids is 2. The van der Waals surface area contributed by atoms with Crippen molar-refractivity contribution in [1.29, 1.82) is 0 Å². The molecular weight excluding hydrogens is 302 g/mol. The van der Waals surface area contributed by atoms with Crippen LogP contribution in [0.5, 0.6) is 0 Å². The Hall–Kier alpha value is -2.19. The Balaban J connectivity index is 2.51. The van der Waals surface area contributed by atoms with Gasteiger partial charge in [0.2, 0.25) is 0 Å². The van der Waals surface area contributed by atoms with Crippen LogP contribution < -0.4 is 11.1 Å². The predicted octanol–water partition coefficient (Wildman–Crippen LogP) is 0.490. The van der Waals surface area contributed by atoms with Gasteiger partial charge >= 0.3 is 6.09 Å². The summed E-state index contributed by atoms with van der Waals surface area (Å²) in [4.78, 5) is 26.4. The smallest absolute Gasteiger partial charge is 0.407 e. The number of carbonyl (C=O) groups is 2. The first-order valence-electron chi connectivity index (χ1n) is 7.20. The molecule has 0 aliphatic rings. The maximum absolute atomic E-state index is 11.5. The van der Waals surface area contributed by atoms with Gasteiger partial charge in [0.15, 0.2) is 0 Å². The third kappa shape index (κ3) is 6.62. The highest BCUT2D eigenvalue weighted by Gasteiger charge is 2.21. The first-order valence-corrected chi connectivity index (χ1v) is 7.20. The van der Waals surface area contributed by atoms with Gasteiger partial charge in [0.1, 0.15) is 17.4 Å². The lowest BCUT2D eigenvalue weighted by Crippen LogP contribution is -2.34. The van der Waals surface area contributed by atoms with Gasteiger partial charge in [-0.1, -0.05) is 6.07 Å². The molecule has 8 nitrogen and oxygen atoms in total. The van der Waals surface area contributed by atoms with Gasteiger partial charge in [-0.25, -0.2) is 9.78 Å². The topological polar surface area (TPSA) is 135 Å². The van der Waals surface area contributed by atoms with E-state index in [-0.39, 0.29) is 24.4 Å². The molecule has 0 fully saturated rings. The normalized spacial score (nSPS) is 14.0. The van der Waals surface area contributed by atoms with Gasteiger partial charge in [0, 0.05) is 6.54 Å². The van der Waals surface area contributed by atoms with Gasteiger partial charge in [0.05, 0.1) is 11.8 Å². The molecule has 0 saturated heterocycles. The number of pyridine rings is 1. The Bertz CT molecular complexity index is 556. The zero-order valence-electron chi connectivity index (χ0n) is 13.4. The van der Waals surface area contributed by atoms with Crippen LogP contribution in [0.15, 0.2) is 18.2 Å². The van der Waals surface area contributed by atoms with Crippen LogP contribution in [-0.4, -0.2) is 45.4 Å². The van der Waals surface area contributed by atoms with E-state index in [1.165, 1.54) is 18.2 Å². The van der Waals surface area contributed by atoms with Crippen molar-refractivity contribution in [2.75, 3.05) is 6.54 Å². The minimum absolute atomic E-state index is 0.000583. The number of amides is 2. The van der Waals surface area contributed by atoms with Crippen molar-refractivity contribution in [2.45, 2.75) is 45.0 Å². The minimum Gasteiger partial charge on any atom is -0.444 e. The van der Waals surface area contributed by atoms with Gasteiger partial charge in [-0.15, -0.1) is 0 Å². The molecule has 2 atom stereocenters. The van der Waals surface area contributed by atoms with Crippen molar-refractivity contribution in [3.05, 3.63) is 29.6 Å². The van der Waals surface area contributed by atoms with E-state index in [9.17, 15) is 19.8 Å². The maximum atomic E-state index is 11.5. The molecule has 2 unspecified atom stereocenters. The van der Waals surface area contributed by atoms with E-state index in [1.54, 1.807) is 20.8 Å². The number of alkyl carbamates (subject to hydrolysis) is 1. The summed E-state index contributed by atoms with van der Waals surface area (Å²) in [7, 11) is 0. The first kappa shape index (κ1) is 18.9. The van der Waals surface area contributed by atoms with Crippen LogP contribution in [0, 0.1) is 0 Å². The molecule has 0 radical (unpaired) electrons. The van der Waals surface area contributed by atoms with Gasteiger partial charge in [-0.3, -0.25) is 4.79 Å². The van der Waals surface area contributed by atoms with Crippen LogP contribution in [0.3, 0.4) is 0 Å². The van der Waals surface area contributed by atoms with E-state index < -0.39 is 29.8 Å². The number of aliphatic hydroxyl groups is 2. The summed E-state index contributed by atoms with van der Waals surface area (Å²) in [5.74, 6) is -0.722. The molecule has 23 heavy (non-hydrogen) atoms. The second-order valence-corrected chi connectivity index (χ2v) is 6.04. The average molecular weight is 325 g/mol. The number of aliphatic hydroxyl groups excluding tert-OH is 2. The number of primary amides is 1. The molecule has 8 heteroatoms. The van der Waals surface area contributed by atoms with Crippen LogP contribution in [-0.2, 0) is 4.74 Å². The number of rotatable bonds is 6. The molecule has 0 spiro atoms. The molecule has 0 aliphatic heterocycles. The number of ether oxygens (including phenoxy) is 1. The zero-order valence-corrected chi connectivity index (χ0v) is 13.4. The van der Waals surface area contributed by atoms with Crippen molar-refractivity contribution >= 4 is 12.0 Å². The average Bonchev–Trinajstić information content (AvgIpc) is 2.44. The monoisotopic (exact) mass is 325 g/mol. The SMILES string of the molecule is CC(C)(C)OC(=O)NCCC(O)C(O)c1cccc(C(N)=O)n1. The second kappa shape index (κ2) is 7.89. The second-order valence-electron chi connectivity index (χ2n) is 6.04. The van der Waals surface area contributed by atoms with Crippen molar-refractivity contribution in [3.63, 3.8) is 0 Å². The summed E-state index contributed by atoms with van der Waals surface area (Å²) in [6.45, 7) is 5.33. The van der Waals surface area contributed by atoms with Crippen LogP contribution in [0.1, 0.15) is 49.5 Å². The molecule has 128 valence electrons. The minimum atomic E-state index is -1.30. The van der Waals surface area contributed by atoms with Crippen molar-refractivity contribution in [3.8, 4) is 0 Å². The lowest BCUT2D eigenvalue weighted by molar-refractivity contribution is 0.00984. The summed E-state index contributed by atoms with van der Waals surface area (Å²) in [5.41, 5.74) is 4.64. The largest absolute Gasteiger partial charge is 0.444 e. The first-order chi connectivity index (χ1) is 10.6. The number of aromatic nitrogens is 1. The van der Waals surface area contributed by atoms with Crippen molar-refractivity contribution in [2.24, 2.45) is 5.73 Å². The molecule has 1 aromatic rings. The fraction of sp³-hybridized carbons (Fsp3) is 0.533. The zero-order chi connectivity index (χ0) is 17.6. The highest BCUT2D eigenvalue weighted by Crippen LogP contribution is 2.17. The van der Waals surface area contributed by atoms with E-state index in [1.807, 2.05) is 0 Å². The van der Waals surface area contributed by atoms with E-state index in [0.717, 1.165) is 0 Å². The lowest BCUT2D eigenvalue weighted by Gasteiger charge is -2.21. The predicted molar refractivity (Wildman–Crippen MR) is 82.6 cm³/mol. The molecule has 1 heterocycles. The molecule has 0 aromatic carbocycles. The number of hydrogen-bond donors (Lipinski definition) is 4. The molecule has 0 bridgehead atoms. The van der Waals surface area contributed by atoms with E-state index >= 15 is 0 Å². The third-order valence-corrected chi connectivity index (χ3v) is 2.80. The van der Waals surface area contributed by atoms with E-state index in [4.69, 9.17) is 10.5 Å². The molecule has 1 aromatic heterocycles. The summed E-state index contributed by atoms with van der Waals surface area (Å²) in [6.07, 6.45) is -2.98. The molecule has 1 rings (SSSR count). The van der Waals surface area contributed by atoms with Crippen LogP contribution in [0.25, 0.3) is 0 Å². The number of nitrogens with zero attached hydrogens (tertiary/aromatic N) is 1. The summed E-state index contributed by atoms with van der Waals surface area (Å²) >= 11 is 0. The Morgan fingerprint density at radius 3 is 2.57 bits per heavy atom. The summed E-state index contributed by atoms with van der Waals surface area (Å²) < 4.78 is 5.05. The van der Waals surface area contributed by atoms with Crippen molar-refractivity contribution in [1.82, 2.24) is 10.3 Å². The van der Waals surface area contributed by atoms with Crippen LogP contribution >= 0.6 is 0 Å². The van der Waals surface area contributed by atoms with Crippen molar-refractivity contribution < 1.29 is 24.5 Å². The fourth-order valence-electron chi connectivity index (χ4n) is 1.74. The Labute approximate surface area is 134 Å². The Morgan fingerprint density at radius 1 is 1.35 bits per heavy atom.